The van der Waals surface area contributed by atoms with Crippen molar-refractivity contribution >= 4 is 22.6 Å². The van der Waals surface area contributed by atoms with Gasteiger partial charge in [0.15, 0.2) is 0 Å². The van der Waals surface area contributed by atoms with Crippen molar-refractivity contribution in [2.75, 3.05) is 0 Å². The summed E-state index contributed by atoms with van der Waals surface area (Å²) in [4.78, 5) is 0. The number of benzene rings is 2. The zero-order valence-electron chi connectivity index (χ0n) is 11.7. The first-order valence-corrected chi connectivity index (χ1v) is 6.95. The van der Waals surface area contributed by atoms with Crippen molar-refractivity contribution in [1.82, 2.24) is 0 Å². The van der Waals surface area contributed by atoms with E-state index in [2.05, 4.69) is 5.16 Å². The fourth-order valence-electron chi connectivity index (χ4n) is 2.52. The van der Waals surface area contributed by atoms with Crippen LogP contribution >= 0.6 is 11.6 Å². The summed E-state index contributed by atoms with van der Waals surface area (Å²) in [7, 11) is 0. The molecule has 106 valence electrons. The standard InChI is InChI=1S/C17H14ClNO2/c1-10-7-11(2)17-14(19-20)9-15(21-16(17)8-10)12-3-5-13(18)6-4-12/h3-9,20H,1-2H3/b19-14+. The first-order valence-electron chi connectivity index (χ1n) is 6.57. The number of aryl methyl sites for hydroxylation is 2. The maximum Gasteiger partial charge on any atom is 0.137 e. The van der Waals surface area contributed by atoms with Gasteiger partial charge in [-0.3, -0.25) is 0 Å². The summed E-state index contributed by atoms with van der Waals surface area (Å²) in [6, 6.07) is 13.0. The van der Waals surface area contributed by atoms with Crippen molar-refractivity contribution in [3.05, 3.63) is 64.0 Å². The second kappa shape index (κ2) is 5.26. The summed E-state index contributed by atoms with van der Waals surface area (Å²) in [5.74, 6) is 0.636. The third-order valence-corrected chi connectivity index (χ3v) is 3.68. The van der Waals surface area contributed by atoms with Gasteiger partial charge >= 0.3 is 0 Å². The monoisotopic (exact) mass is 299 g/mol. The van der Waals surface area contributed by atoms with Gasteiger partial charge in [0.2, 0.25) is 0 Å². The topological polar surface area (TPSA) is 45.7 Å². The van der Waals surface area contributed by atoms with Gasteiger partial charge in [0.05, 0.1) is 0 Å². The highest BCUT2D eigenvalue weighted by molar-refractivity contribution is 6.30. The largest absolute Gasteiger partial charge is 0.456 e. The number of hydrogen-bond acceptors (Lipinski definition) is 3. The highest BCUT2D eigenvalue weighted by Gasteiger charge is 2.09. The van der Waals surface area contributed by atoms with Crippen LogP contribution in [0.4, 0.5) is 0 Å². The average Bonchev–Trinajstić information content (AvgIpc) is 2.46. The SMILES string of the molecule is Cc1cc(C)c2/c(=N/O)cc(-c3ccc(Cl)cc3)oc2c1. The van der Waals surface area contributed by atoms with Gasteiger partial charge in [-0.1, -0.05) is 22.8 Å². The molecule has 0 saturated carbocycles. The van der Waals surface area contributed by atoms with Gasteiger partial charge < -0.3 is 9.62 Å². The lowest BCUT2D eigenvalue weighted by Gasteiger charge is -2.07. The molecule has 0 radical (unpaired) electrons. The molecule has 3 rings (SSSR count). The van der Waals surface area contributed by atoms with Crippen LogP contribution in [-0.4, -0.2) is 5.21 Å². The van der Waals surface area contributed by atoms with E-state index in [4.69, 9.17) is 16.0 Å². The normalized spacial score (nSPS) is 12.0. The summed E-state index contributed by atoms with van der Waals surface area (Å²) in [6.45, 7) is 3.98. The van der Waals surface area contributed by atoms with E-state index in [0.29, 0.717) is 21.7 Å². The van der Waals surface area contributed by atoms with Crippen molar-refractivity contribution in [3.8, 4) is 11.3 Å². The Morgan fingerprint density at radius 1 is 1.05 bits per heavy atom. The van der Waals surface area contributed by atoms with Gasteiger partial charge in [-0.2, -0.15) is 0 Å². The van der Waals surface area contributed by atoms with Crippen LogP contribution in [0.1, 0.15) is 11.1 Å². The molecule has 21 heavy (non-hydrogen) atoms. The molecule has 0 fully saturated rings. The van der Waals surface area contributed by atoms with E-state index in [0.717, 1.165) is 22.1 Å². The van der Waals surface area contributed by atoms with Crippen LogP contribution < -0.4 is 5.36 Å². The minimum absolute atomic E-state index is 0.499. The second-order valence-electron chi connectivity index (χ2n) is 5.06. The van der Waals surface area contributed by atoms with E-state index in [1.54, 1.807) is 18.2 Å². The molecule has 0 aliphatic rings. The molecule has 1 heterocycles. The Balaban J connectivity index is 2.34. The van der Waals surface area contributed by atoms with Crippen molar-refractivity contribution in [3.63, 3.8) is 0 Å². The first kappa shape index (κ1) is 13.7. The molecule has 1 N–H and O–H groups in total. The van der Waals surface area contributed by atoms with Gasteiger partial charge in [0.1, 0.15) is 16.7 Å². The van der Waals surface area contributed by atoms with Crippen molar-refractivity contribution < 1.29 is 9.62 Å². The molecule has 0 atom stereocenters. The minimum Gasteiger partial charge on any atom is -0.456 e. The molecule has 1 aromatic heterocycles. The lowest BCUT2D eigenvalue weighted by atomic mass is 10.1. The predicted octanol–water partition coefficient (Wildman–Crippen LogP) is 4.66. The third kappa shape index (κ3) is 2.52. The Morgan fingerprint density at radius 3 is 2.43 bits per heavy atom. The molecule has 0 amide bonds. The Kier molecular flexibility index (Phi) is 3.43. The fourth-order valence-corrected chi connectivity index (χ4v) is 2.64. The predicted molar refractivity (Wildman–Crippen MR) is 83.5 cm³/mol. The number of fused-ring (bicyclic) bond motifs is 1. The van der Waals surface area contributed by atoms with Gasteiger partial charge in [0.25, 0.3) is 0 Å². The van der Waals surface area contributed by atoms with Gasteiger partial charge in [-0.15, -0.1) is 0 Å². The summed E-state index contributed by atoms with van der Waals surface area (Å²) >= 11 is 5.91. The van der Waals surface area contributed by atoms with Crippen LogP contribution in [-0.2, 0) is 0 Å². The molecule has 0 aliphatic heterocycles. The van der Waals surface area contributed by atoms with Gasteiger partial charge in [0, 0.05) is 22.0 Å². The van der Waals surface area contributed by atoms with E-state index in [1.165, 1.54) is 0 Å². The van der Waals surface area contributed by atoms with E-state index >= 15 is 0 Å². The van der Waals surface area contributed by atoms with Crippen LogP contribution in [0.25, 0.3) is 22.3 Å². The lowest BCUT2D eigenvalue weighted by molar-refractivity contribution is 0.302. The Morgan fingerprint density at radius 2 is 1.76 bits per heavy atom. The van der Waals surface area contributed by atoms with E-state index in [9.17, 15) is 5.21 Å². The lowest BCUT2D eigenvalue weighted by Crippen LogP contribution is -2.05. The third-order valence-electron chi connectivity index (χ3n) is 3.42. The number of rotatable bonds is 1. The molecule has 0 spiro atoms. The molecular weight excluding hydrogens is 286 g/mol. The molecule has 0 aliphatic carbocycles. The molecule has 3 nitrogen and oxygen atoms in total. The fraction of sp³-hybridized carbons (Fsp3) is 0.118. The van der Waals surface area contributed by atoms with Gasteiger partial charge in [-0.05, 0) is 55.3 Å². The quantitative estimate of drug-likeness (QED) is 0.524. The smallest absolute Gasteiger partial charge is 0.137 e. The highest BCUT2D eigenvalue weighted by atomic mass is 35.5. The molecule has 0 bridgehead atoms. The van der Waals surface area contributed by atoms with Crippen molar-refractivity contribution in [2.24, 2.45) is 5.16 Å². The second-order valence-corrected chi connectivity index (χ2v) is 5.49. The Hall–Kier alpha value is -2.26. The van der Waals surface area contributed by atoms with Crippen LogP contribution in [0, 0.1) is 13.8 Å². The molecular formula is C17H14ClNO2. The maximum atomic E-state index is 9.31. The molecule has 3 aromatic rings. The van der Waals surface area contributed by atoms with Crippen molar-refractivity contribution in [1.29, 1.82) is 0 Å². The summed E-state index contributed by atoms with van der Waals surface area (Å²) in [5.41, 5.74) is 3.70. The highest BCUT2D eigenvalue weighted by Crippen LogP contribution is 2.25. The van der Waals surface area contributed by atoms with Gasteiger partial charge in [-0.25, -0.2) is 0 Å². The molecule has 0 saturated heterocycles. The number of halogens is 1. The molecule has 2 aromatic carbocycles. The zero-order chi connectivity index (χ0) is 15.0. The molecule has 4 heteroatoms. The number of hydrogen-bond donors (Lipinski definition) is 1. The van der Waals surface area contributed by atoms with Crippen LogP contribution in [0.3, 0.4) is 0 Å². The summed E-state index contributed by atoms with van der Waals surface area (Å²) < 4.78 is 5.98. The maximum absolute atomic E-state index is 9.31. The van der Waals surface area contributed by atoms with Crippen LogP contribution in [0.5, 0.6) is 0 Å². The minimum atomic E-state index is 0.499. The first-order chi connectivity index (χ1) is 10.1. The van der Waals surface area contributed by atoms with Crippen LogP contribution in [0.2, 0.25) is 5.02 Å². The average molecular weight is 300 g/mol. The summed E-state index contributed by atoms with van der Waals surface area (Å²) in [5, 5.41) is 14.7. The summed E-state index contributed by atoms with van der Waals surface area (Å²) in [6.07, 6.45) is 0. The number of nitrogens with zero attached hydrogens (tertiary/aromatic N) is 1. The van der Waals surface area contributed by atoms with E-state index in [1.807, 2.05) is 38.1 Å². The van der Waals surface area contributed by atoms with Crippen molar-refractivity contribution in [2.45, 2.75) is 13.8 Å². The molecule has 0 unspecified atom stereocenters. The van der Waals surface area contributed by atoms with E-state index in [-0.39, 0.29) is 0 Å². The Bertz CT molecular complexity index is 880. The van der Waals surface area contributed by atoms with Crippen LogP contribution in [0.15, 0.2) is 52.0 Å². The Labute approximate surface area is 127 Å². The van der Waals surface area contributed by atoms with E-state index < -0.39 is 0 Å². The zero-order valence-corrected chi connectivity index (χ0v) is 12.5.